The average molecular weight is 271 g/mol. The fourth-order valence-corrected chi connectivity index (χ4v) is 1.78. The van der Waals surface area contributed by atoms with Gasteiger partial charge in [-0.25, -0.2) is 4.79 Å². The predicted molar refractivity (Wildman–Crippen MR) is 76.1 cm³/mol. The average Bonchev–Trinajstić information content (AvgIpc) is 3.07. The molecule has 0 saturated heterocycles. The van der Waals surface area contributed by atoms with Crippen LogP contribution in [-0.2, 0) is 14.3 Å². The van der Waals surface area contributed by atoms with Crippen LogP contribution in [0.4, 0.5) is 0 Å². The van der Waals surface area contributed by atoms with Crippen LogP contribution in [-0.4, -0.2) is 37.4 Å². The molecule has 1 unspecified atom stereocenters. The highest BCUT2D eigenvalue weighted by Crippen LogP contribution is 2.24. The van der Waals surface area contributed by atoms with Crippen molar-refractivity contribution >= 4 is 5.97 Å². The van der Waals surface area contributed by atoms with Crippen LogP contribution < -0.4 is 5.32 Å². The highest BCUT2D eigenvalue weighted by atomic mass is 16.5. The van der Waals surface area contributed by atoms with Gasteiger partial charge in [-0.1, -0.05) is 20.8 Å². The third-order valence-electron chi connectivity index (χ3n) is 3.21. The molecule has 1 N–H and O–H groups in total. The summed E-state index contributed by atoms with van der Waals surface area (Å²) in [6.45, 7) is 11.7. The summed E-state index contributed by atoms with van der Waals surface area (Å²) in [5, 5.41) is 3.35. The monoisotopic (exact) mass is 271 g/mol. The van der Waals surface area contributed by atoms with Crippen molar-refractivity contribution in [3.63, 3.8) is 0 Å². The molecule has 1 saturated carbocycles. The molecule has 0 spiro atoms. The van der Waals surface area contributed by atoms with Crippen LogP contribution in [0.1, 0.15) is 53.9 Å². The van der Waals surface area contributed by atoms with Gasteiger partial charge in [0.1, 0.15) is 5.54 Å². The second kappa shape index (κ2) is 6.71. The standard InChI is InChI=1S/C15H29NO3/c1-6-19-13(17)15(5,16-12-7-8-12)11-18-10-9-14(2,3)4/h12,16H,6-11H2,1-5H3. The van der Waals surface area contributed by atoms with Crippen molar-refractivity contribution < 1.29 is 14.3 Å². The molecule has 4 nitrogen and oxygen atoms in total. The lowest BCUT2D eigenvalue weighted by Crippen LogP contribution is -2.55. The fourth-order valence-electron chi connectivity index (χ4n) is 1.78. The van der Waals surface area contributed by atoms with Crippen LogP contribution in [0, 0.1) is 5.41 Å². The molecule has 0 aromatic heterocycles. The molecule has 112 valence electrons. The number of esters is 1. The largest absolute Gasteiger partial charge is 0.465 e. The molecule has 4 heteroatoms. The molecule has 1 rings (SSSR count). The number of carbonyl (C=O) groups excluding carboxylic acids is 1. The fraction of sp³-hybridized carbons (Fsp3) is 0.933. The maximum absolute atomic E-state index is 12.1. The Morgan fingerprint density at radius 2 is 1.89 bits per heavy atom. The number of hydrogen-bond donors (Lipinski definition) is 1. The minimum Gasteiger partial charge on any atom is -0.465 e. The van der Waals surface area contributed by atoms with E-state index in [1.807, 2.05) is 13.8 Å². The van der Waals surface area contributed by atoms with E-state index < -0.39 is 5.54 Å². The summed E-state index contributed by atoms with van der Waals surface area (Å²) < 4.78 is 10.9. The minimum atomic E-state index is -0.713. The topological polar surface area (TPSA) is 47.6 Å². The lowest BCUT2D eigenvalue weighted by Gasteiger charge is -2.29. The van der Waals surface area contributed by atoms with Gasteiger partial charge in [0.15, 0.2) is 0 Å². The number of rotatable bonds is 8. The van der Waals surface area contributed by atoms with Crippen molar-refractivity contribution in [1.82, 2.24) is 5.32 Å². The molecule has 1 aliphatic carbocycles. The van der Waals surface area contributed by atoms with E-state index in [1.54, 1.807) is 0 Å². The van der Waals surface area contributed by atoms with Gasteiger partial charge in [0.2, 0.25) is 0 Å². The summed E-state index contributed by atoms with van der Waals surface area (Å²) in [6, 6.07) is 0.445. The molecule has 0 amide bonds. The van der Waals surface area contributed by atoms with Crippen LogP contribution in [0.25, 0.3) is 0 Å². The number of nitrogens with one attached hydrogen (secondary N) is 1. The molecule has 0 bridgehead atoms. The molecule has 0 aromatic rings. The first-order chi connectivity index (χ1) is 8.77. The van der Waals surface area contributed by atoms with Crippen molar-refractivity contribution in [3.05, 3.63) is 0 Å². The van der Waals surface area contributed by atoms with Gasteiger partial charge < -0.3 is 9.47 Å². The Morgan fingerprint density at radius 3 is 2.37 bits per heavy atom. The van der Waals surface area contributed by atoms with Crippen molar-refractivity contribution in [3.8, 4) is 0 Å². The van der Waals surface area contributed by atoms with Gasteiger partial charge in [-0.3, -0.25) is 5.32 Å². The SMILES string of the molecule is CCOC(=O)C(C)(COCCC(C)(C)C)NC1CC1. The van der Waals surface area contributed by atoms with Crippen LogP contribution >= 0.6 is 0 Å². The highest BCUT2D eigenvalue weighted by Gasteiger charge is 2.40. The normalized spacial score (nSPS) is 19.0. The van der Waals surface area contributed by atoms with Crippen LogP contribution in [0.15, 0.2) is 0 Å². The molecular formula is C15H29NO3. The van der Waals surface area contributed by atoms with Crippen LogP contribution in [0.2, 0.25) is 0 Å². The zero-order chi connectivity index (χ0) is 14.5. The van der Waals surface area contributed by atoms with Crippen molar-refractivity contribution in [2.45, 2.75) is 65.5 Å². The third kappa shape index (κ3) is 6.39. The molecule has 1 fully saturated rings. The van der Waals surface area contributed by atoms with Crippen LogP contribution in [0.5, 0.6) is 0 Å². The lowest BCUT2D eigenvalue weighted by molar-refractivity contribution is -0.153. The van der Waals surface area contributed by atoms with Crippen molar-refractivity contribution in [1.29, 1.82) is 0 Å². The second-order valence-corrected chi connectivity index (χ2v) is 6.83. The first-order valence-corrected chi connectivity index (χ1v) is 7.29. The van der Waals surface area contributed by atoms with E-state index in [2.05, 4.69) is 26.1 Å². The number of hydrogen-bond acceptors (Lipinski definition) is 4. The van der Waals surface area contributed by atoms with Gasteiger partial charge in [0.05, 0.1) is 13.2 Å². The molecule has 1 atom stereocenters. The first-order valence-electron chi connectivity index (χ1n) is 7.29. The Kier molecular flexibility index (Phi) is 5.81. The summed E-state index contributed by atoms with van der Waals surface area (Å²) in [4.78, 5) is 12.1. The summed E-state index contributed by atoms with van der Waals surface area (Å²) in [6.07, 6.45) is 3.25. The molecule has 19 heavy (non-hydrogen) atoms. The molecule has 0 aliphatic heterocycles. The summed E-state index contributed by atoms with van der Waals surface area (Å²) in [5.41, 5.74) is -0.459. The van der Waals surface area contributed by atoms with Crippen molar-refractivity contribution in [2.75, 3.05) is 19.8 Å². The molecular weight excluding hydrogens is 242 g/mol. The van der Waals surface area contributed by atoms with E-state index in [0.717, 1.165) is 19.3 Å². The Balaban J connectivity index is 2.42. The molecule has 0 radical (unpaired) electrons. The second-order valence-electron chi connectivity index (χ2n) is 6.83. The summed E-state index contributed by atoms with van der Waals surface area (Å²) >= 11 is 0. The minimum absolute atomic E-state index is 0.211. The summed E-state index contributed by atoms with van der Waals surface area (Å²) in [5.74, 6) is -0.211. The summed E-state index contributed by atoms with van der Waals surface area (Å²) in [7, 11) is 0. The smallest absolute Gasteiger partial charge is 0.328 e. The molecule has 0 heterocycles. The van der Waals surface area contributed by atoms with Gasteiger partial charge in [0, 0.05) is 12.6 Å². The third-order valence-corrected chi connectivity index (χ3v) is 3.21. The predicted octanol–water partition coefficient (Wildman–Crippen LogP) is 2.51. The van der Waals surface area contributed by atoms with E-state index >= 15 is 0 Å². The zero-order valence-corrected chi connectivity index (χ0v) is 13.0. The maximum Gasteiger partial charge on any atom is 0.328 e. The van der Waals surface area contributed by atoms with Crippen LogP contribution in [0.3, 0.4) is 0 Å². The van der Waals surface area contributed by atoms with Crippen molar-refractivity contribution in [2.24, 2.45) is 5.41 Å². The van der Waals surface area contributed by atoms with Gasteiger partial charge in [-0.05, 0) is 38.5 Å². The number of carbonyl (C=O) groups is 1. The Morgan fingerprint density at radius 1 is 1.26 bits per heavy atom. The highest BCUT2D eigenvalue weighted by molar-refractivity contribution is 5.80. The van der Waals surface area contributed by atoms with E-state index in [9.17, 15) is 4.79 Å². The van der Waals surface area contributed by atoms with Gasteiger partial charge in [0.25, 0.3) is 0 Å². The Hall–Kier alpha value is -0.610. The van der Waals surface area contributed by atoms with E-state index in [4.69, 9.17) is 9.47 Å². The Bertz CT molecular complexity index is 294. The molecule has 0 aromatic carbocycles. The number of ether oxygens (including phenoxy) is 2. The maximum atomic E-state index is 12.1. The first kappa shape index (κ1) is 16.4. The quantitative estimate of drug-likeness (QED) is 0.544. The van der Waals surface area contributed by atoms with E-state index in [0.29, 0.717) is 25.9 Å². The van der Waals surface area contributed by atoms with E-state index in [1.165, 1.54) is 0 Å². The Labute approximate surface area is 117 Å². The van der Waals surface area contributed by atoms with Gasteiger partial charge in [-0.15, -0.1) is 0 Å². The van der Waals surface area contributed by atoms with Gasteiger partial charge in [-0.2, -0.15) is 0 Å². The molecule has 1 aliphatic rings. The van der Waals surface area contributed by atoms with Gasteiger partial charge >= 0.3 is 5.97 Å². The zero-order valence-electron chi connectivity index (χ0n) is 13.0. The van der Waals surface area contributed by atoms with E-state index in [-0.39, 0.29) is 11.4 Å². The lowest BCUT2D eigenvalue weighted by atomic mass is 9.93.